The molecule has 0 radical (unpaired) electrons. The number of esters is 1. The monoisotopic (exact) mass is 522 g/mol. The number of piperidine rings is 1. The average molecular weight is 523 g/mol. The molecule has 37 heavy (non-hydrogen) atoms. The number of aliphatic hydroxyl groups is 1. The van der Waals surface area contributed by atoms with Crippen molar-refractivity contribution in [1.82, 2.24) is 14.4 Å². The van der Waals surface area contributed by atoms with Gasteiger partial charge in [0.25, 0.3) is 5.56 Å². The van der Waals surface area contributed by atoms with Crippen molar-refractivity contribution in [2.24, 2.45) is 0 Å². The highest BCUT2D eigenvalue weighted by atomic mass is 32.1. The maximum absolute atomic E-state index is 13.5. The third-order valence-corrected chi connectivity index (χ3v) is 6.74. The number of aliphatic hydroxyl groups excluding tert-OH is 1. The van der Waals surface area contributed by atoms with Crippen LogP contribution in [0, 0.1) is 0 Å². The molecular weight excluding hydrogens is 488 g/mol. The summed E-state index contributed by atoms with van der Waals surface area (Å²) in [6, 6.07) is 3.69. The number of anilines is 1. The standard InChI is InChI=1S/C28H34N4O4S/c1-18(2)22-17-37-24(29-22)10-8-19-12-14-32-23(15-19)30-26(31-13-6-7-20(33)16-31)21(27(32)35)9-11-25(34)36-28(3,4)5/h8-12,14-15,17-18,20,33H,6-7,13,16H2,1-5H3/b10-8+,11-9+/t20-/m1/s1. The second-order valence-corrected chi connectivity index (χ2v) is 11.4. The molecule has 0 amide bonds. The number of ether oxygens (including phenoxy) is 1. The maximum Gasteiger partial charge on any atom is 0.331 e. The number of hydrogen-bond donors (Lipinski definition) is 1. The van der Waals surface area contributed by atoms with Gasteiger partial charge in [0.2, 0.25) is 0 Å². The van der Waals surface area contributed by atoms with Gasteiger partial charge in [-0.3, -0.25) is 9.20 Å². The summed E-state index contributed by atoms with van der Waals surface area (Å²) >= 11 is 1.59. The molecule has 0 spiro atoms. The molecule has 4 heterocycles. The minimum Gasteiger partial charge on any atom is -0.457 e. The van der Waals surface area contributed by atoms with Crippen molar-refractivity contribution in [3.05, 3.63) is 62.0 Å². The number of pyridine rings is 1. The molecule has 1 aliphatic rings. The largest absolute Gasteiger partial charge is 0.457 e. The van der Waals surface area contributed by atoms with Gasteiger partial charge in [-0.2, -0.15) is 0 Å². The predicted octanol–water partition coefficient (Wildman–Crippen LogP) is 4.76. The highest BCUT2D eigenvalue weighted by molar-refractivity contribution is 7.10. The Morgan fingerprint density at radius 1 is 1.24 bits per heavy atom. The molecule has 4 rings (SSSR count). The second kappa shape index (κ2) is 11.0. The Morgan fingerprint density at radius 3 is 2.70 bits per heavy atom. The first-order valence-electron chi connectivity index (χ1n) is 12.5. The Labute approximate surface area is 221 Å². The lowest BCUT2D eigenvalue weighted by atomic mass is 10.1. The minimum absolute atomic E-state index is 0.282. The summed E-state index contributed by atoms with van der Waals surface area (Å²) in [5.41, 5.74) is 1.78. The molecule has 1 aliphatic heterocycles. The molecule has 0 aromatic carbocycles. The summed E-state index contributed by atoms with van der Waals surface area (Å²) in [7, 11) is 0. The summed E-state index contributed by atoms with van der Waals surface area (Å²) in [6.07, 6.45) is 9.31. The van der Waals surface area contributed by atoms with Crippen LogP contribution in [0.4, 0.5) is 5.82 Å². The van der Waals surface area contributed by atoms with Crippen LogP contribution in [0.15, 0.2) is 34.6 Å². The Balaban J connectivity index is 1.73. The summed E-state index contributed by atoms with van der Waals surface area (Å²) in [5.74, 6) is 0.288. The van der Waals surface area contributed by atoms with Crippen LogP contribution in [0.2, 0.25) is 0 Å². The van der Waals surface area contributed by atoms with Crippen LogP contribution in [0.1, 0.15) is 75.2 Å². The van der Waals surface area contributed by atoms with E-state index < -0.39 is 17.7 Å². The molecule has 0 aliphatic carbocycles. The highest BCUT2D eigenvalue weighted by Crippen LogP contribution is 2.24. The summed E-state index contributed by atoms with van der Waals surface area (Å²) in [5, 5.41) is 13.2. The molecule has 1 N–H and O–H groups in total. The van der Waals surface area contributed by atoms with Gasteiger partial charge in [0, 0.05) is 30.7 Å². The van der Waals surface area contributed by atoms with Crippen LogP contribution < -0.4 is 10.5 Å². The van der Waals surface area contributed by atoms with Crippen molar-refractivity contribution in [3.63, 3.8) is 0 Å². The molecule has 0 saturated carbocycles. The molecule has 1 atom stereocenters. The van der Waals surface area contributed by atoms with Crippen molar-refractivity contribution in [2.75, 3.05) is 18.0 Å². The molecule has 8 nitrogen and oxygen atoms in total. The Morgan fingerprint density at radius 2 is 2.03 bits per heavy atom. The molecule has 0 unspecified atom stereocenters. The van der Waals surface area contributed by atoms with E-state index in [1.807, 2.05) is 29.2 Å². The van der Waals surface area contributed by atoms with Gasteiger partial charge in [-0.25, -0.2) is 14.8 Å². The van der Waals surface area contributed by atoms with E-state index in [2.05, 4.69) is 24.2 Å². The molecule has 3 aromatic heterocycles. The van der Waals surface area contributed by atoms with Crippen LogP contribution >= 0.6 is 11.3 Å². The van der Waals surface area contributed by atoms with E-state index >= 15 is 0 Å². The third kappa shape index (κ3) is 6.72. The quantitative estimate of drug-likeness (QED) is 0.368. The summed E-state index contributed by atoms with van der Waals surface area (Å²) in [4.78, 5) is 37.2. The third-order valence-electron chi connectivity index (χ3n) is 5.91. The number of aromatic nitrogens is 3. The number of carbonyl (C=O) groups is 1. The van der Waals surface area contributed by atoms with Crippen molar-refractivity contribution in [3.8, 4) is 0 Å². The zero-order chi connectivity index (χ0) is 26.7. The fourth-order valence-electron chi connectivity index (χ4n) is 4.09. The van der Waals surface area contributed by atoms with Gasteiger partial charge < -0.3 is 14.7 Å². The Kier molecular flexibility index (Phi) is 7.94. The van der Waals surface area contributed by atoms with E-state index in [1.165, 1.54) is 16.6 Å². The highest BCUT2D eigenvalue weighted by Gasteiger charge is 2.23. The van der Waals surface area contributed by atoms with E-state index in [0.29, 0.717) is 36.9 Å². The van der Waals surface area contributed by atoms with Crippen LogP contribution in [0.3, 0.4) is 0 Å². The average Bonchev–Trinajstić information content (AvgIpc) is 3.30. The topological polar surface area (TPSA) is 97.0 Å². The SMILES string of the molecule is CC(C)c1csc(/C=C/c2ccn3c(=O)c(/C=C/C(=O)OC(C)(C)C)c(N4CCC[C@@H](O)C4)nc3c2)n1. The fraction of sp³-hybridized carbons (Fsp3) is 0.429. The molecule has 3 aromatic rings. The van der Waals surface area contributed by atoms with E-state index in [0.717, 1.165) is 22.7 Å². The molecule has 196 valence electrons. The Bertz CT molecular complexity index is 1400. The molecule has 0 bridgehead atoms. The molecular formula is C28H34N4O4S. The van der Waals surface area contributed by atoms with Gasteiger partial charge in [0.05, 0.1) is 17.4 Å². The molecule has 1 fully saturated rings. The number of carbonyl (C=O) groups excluding carboxylic acids is 1. The number of β-amino-alcohol motifs (C(OH)–C–C–N with tert-alkyl or cyclic N) is 1. The fourth-order valence-corrected chi connectivity index (χ4v) is 4.96. The van der Waals surface area contributed by atoms with Crippen LogP contribution in [0.5, 0.6) is 0 Å². The number of rotatable bonds is 6. The number of hydrogen-bond acceptors (Lipinski definition) is 8. The van der Waals surface area contributed by atoms with Gasteiger partial charge >= 0.3 is 5.97 Å². The first-order valence-corrected chi connectivity index (χ1v) is 13.4. The van der Waals surface area contributed by atoms with E-state index in [-0.39, 0.29) is 11.1 Å². The van der Waals surface area contributed by atoms with Gasteiger partial charge in [0.15, 0.2) is 0 Å². The first-order chi connectivity index (χ1) is 17.5. The second-order valence-electron chi connectivity index (χ2n) is 10.6. The van der Waals surface area contributed by atoms with Gasteiger partial charge in [0.1, 0.15) is 22.1 Å². The van der Waals surface area contributed by atoms with Crippen LogP contribution in [-0.2, 0) is 9.53 Å². The van der Waals surface area contributed by atoms with Crippen LogP contribution in [0.25, 0.3) is 23.9 Å². The minimum atomic E-state index is -0.642. The normalized spacial score (nSPS) is 16.9. The smallest absolute Gasteiger partial charge is 0.331 e. The zero-order valence-corrected chi connectivity index (χ0v) is 22.8. The number of thiazole rings is 1. The van der Waals surface area contributed by atoms with Gasteiger partial charge in [-0.15, -0.1) is 11.3 Å². The number of fused-ring (bicyclic) bond motifs is 1. The van der Waals surface area contributed by atoms with Gasteiger partial charge in [-0.05, 0) is 69.4 Å². The summed E-state index contributed by atoms with van der Waals surface area (Å²) in [6.45, 7) is 10.6. The lowest BCUT2D eigenvalue weighted by Gasteiger charge is -2.32. The Hall–Kier alpha value is -3.30. The molecule has 1 saturated heterocycles. The number of nitrogens with zero attached hydrogens (tertiary/aromatic N) is 4. The van der Waals surface area contributed by atoms with E-state index in [9.17, 15) is 14.7 Å². The van der Waals surface area contributed by atoms with E-state index in [4.69, 9.17) is 9.72 Å². The van der Waals surface area contributed by atoms with Crippen molar-refractivity contribution in [2.45, 2.75) is 65.1 Å². The molecule has 9 heteroatoms. The lowest BCUT2D eigenvalue weighted by Crippen LogP contribution is -2.40. The maximum atomic E-state index is 13.5. The van der Waals surface area contributed by atoms with Crippen molar-refractivity contribution >= 4 is 47.0 Å². The lowest BCUT2D eigenvalue weighted by molar-refractivity contribution is -0.148. The van der Waals surface area contributed by atoms with Crippen molar-refractivity contribution in [1.29, 1.82) is 0 Å². The first kappa shape index (κ1) is 26.8. The summed E-state index contributed by atoms with van der Waals surface area (Å²) < 4.78 is 6.83. The van der Waals surface area contributed by atoms with Crippen LogP contribution in [-0.4, -0.2) is 50.2 Å². The zero-order valence-electron chi connectivity index (χ0n) is 22.0. The van der Waals surface area contributed by atoms with E-state index in [1.54, 1.807) is 38.3 Å². The predicted molar refractivity (Wildman–Crippen MR) is 149 cm³/mol. The van der Waals surface area contributed by atoms with Crippen molar-refractivity contribution < 1.29 is 14.6 Å². The van der Waals surface area contributed by atoms with Gasteiger partial charge in [-0.1, -0.05) is 19.9 Å².